The average Bonchev–Trinajstić information content (AvgIpc) is 2.66. The van der Waals surface area contributed by atoms with Gasteiger partial charge in [0.05, 0.1) is 6.54 Å². The highest BCUT2D eigenvalue weighted by molar-refractivity contribution is 5.79. The minimum absolute atomic E-state index is 0.0806. The van der Waals surface area contributed by atoms with Crippen molar-refractivity contribution in [3.8, 4) is 0 Å². The molecule has 4 rings (SSSR count). The summed E-state index contributed by atoms with van der Waals surface area (Å²) in [4.78, 5) is 31.9. The molecule has 1 amide bonds. The fraction of sp³-hybridized carbons (Fsp3) is 0.273. The van der Waals surface area contributed by atoms with E-state index in [4.69, 9.17) is 0 Å². The number of H-pyrrole nitrogens is 1. The first-order valence-electron chi connectivity index (χ1n) is 9.35. The molecule has 0 spiro atoms. The van der Waals surface area contributed by atoms with E-state index in [1.54, 1.807) is 6.07 Å². The summed E-state index contributed by atoms with van der Waals surface area (Å²) in [6, 6.07) is 13.8. The highest BCUT2D eigenvalue weighted by Crippen LogP contribution is 2.14. The van der Waals surface area contributed by atoms with Gasteiger partial charge < -0.3 is 9.88 Å². The minimum Gasteiger partial charge on any atom is -0.357 e. The van der Waals surface area contributed by atoms with Gasteiger partial charge in [-0.15, -0.1) is 0 Å². The van der Waals surface area contributed by atoms with Gasteiger partial charge in [-0.1, -0.05) is 29.8 Å². The molecule has 0 saturated carbocycles. The van der Waals surface area contributed by atoms with E-state index in [2.05, 4.69) is 29.2 Å². The van der Waals surface area contributed by atoms with Crippen molar-refractivity contribution in [2.75, 3.05) is 19.6 Å². The van der Waals surface area contributed by atoms with Crippen LogP contribution in [0.3, 0.4) is 0 Å². The van der Waals surface area contributed by atoms with Crippen LogP contribution in [0.2, 0.25) is 0 Å². The zero-order valence-electron chi connectivity index (χ0n) is 15.7. The van der Waals surface area contributed by atoms with E-state index < -0.39 is 5.82 Å². The number of nitrogens with one attached hydrogen (secondary N) is 1. The third-order valence-electron chi connectivity index (χ3n) is 5.13. The molecule has 0 unspecified atom stereocenters. The molecule has 1 aromatic heterocycles. The summed E-state index contributed by atoms with van der Waals surface area (Å²) in [6.07, 6.45) is 0. The molecule has 0 atom stereocenters. The second-order valence-electron chi connectivity index (χ2n) is 7.36. The summed E-state index contributed by atoms with van der Waals surface area (Å²) in [5.41, 5.74) is 3.44. The van der Waals surface area contributed by atoms with Gasteiger partial charge in [0.25, 0.3) is 0 Å². The SMILES string of the molecule is Cc1ccc(CN2CCN(Cc3cc(=O)c4cc(F)ccc4[nH]3)CC2=O)cc1. The number of amides is 1. The number of benzene rings is 2. The summed E-state index contributed by atoms with van der Waals surface area (Å²) in [6.45, 7) is 4.84. The second-order valence-corrected chi connectivity index (χ2v) is 7.36. The Balaban J connectivity index is 1.43. The third-order valence-corrected chi connectivity index (χ3v) is 5.13. The van der Waals surface area contributed by atoms with Gasteiger partial charge in [-0.2, -0.15) is 0 Å². The van der Waals surface area contributed by atoms with Gasteiger partial charge in [0.2, 0.25) is 5.91 Å². The summed E-state index contributed by atoms with van der Waals surface area (Å²) in [7, 11) is 0. The maximum atomic E-state index is 13.3. The molecule has 2 aromatic carbocycles. The Bertz CT molecular complexity index is 1080. The van der Waals surface area contributed by atoms with Crippen LogP contribution < -0.4 is 5.43 Å². The molecule has 0 radical (unpaired) electrons. The van der Waals surface area contributed by atoms with E-state index >= 15 is 0 Å². The van der Waals surface area contributed by atoms with Crippen LogP contribution in [0.4, 0.5) is 4.39 Å². The topological polar surface area (TPSA) is 56.4 Å². The molecule has 0 aliphatic carbocycles. The first-order valence-corrected chi connectivity index (χ1v) is 9.35. The van der Waals surface area contributed by atoms with E-state index in [0.29, 0.717) is 37.1 Å². The Morgan fingerprint density at radius 3 is 2.54 bits per heavy atom. The predicted molar refractivity (Wildman–Crippen MR) is 106 cm³/mol. The number of rotatable bonds is 4. The summed E-state index contributed by atoms with van der Waals surface area (Å²) < 4.78 is 13.3. The van der Waals surface area contributed by atoms with Crippen molar-refractivity contribution in [2.45, 2.75) is 20.0 Å². The first kappa shape index (κ1) is 18.4. The Morgan fingerprint density at radius 2 is 1.79 bits per heavy atom. The smallest absolute Gasteiger partial charge is 0.237 e. The average molecular weight is 379 g/mol. The fourth-order valence-electron chi connectivity index (χ4n) is 3.57. The number of aryl methyl sites for hydroxylation is 1. The van der Waals surface area contributed by atoms with Crippen molar-refractivity contribution in [2.24, 2.45) is 0 Å². The van der Waals surface area contributed by atoms with Crippen LogP contribution in [-0.4, -0.2) is 40.3 Å². The van der Waals surface area contributed by atoms with E-state index in [1.807, 2.05) is 16.7 Å². The fourth-order valence-corrected chi connectivity index (χ4v) is 3.57. The molecule has 1 fully saturated rings. The van der Waals surface area contributed by atoms with E-state index in [0.717, 1.165) is 17.8 Å². The maximum Gasteiger partial charge on any atom is 0.237 e. The lowest BCUT2D eigenvalue weighted by molar-refractivity contribution is -0.136. The zero-order valence-corrected chi connectivity index (χ0v) is 15.7. The molecule has 1 saturated heterocycles. The summed E-state index contributed by atoms with van der Waals surface area (Å²) in [5, 5.41) is 0.336. The maximum absolute atomic E-state index is 13.3. The zero-order chi connectivity index (χ0) is 19.7. The van der Waals surface area contributed by atoms with Crippen molar-refractivity contribution in [1.82, 2.24) is 14.8 Å². The van der Waals surface area contributed by atoms with Crippen LogP contribution in [0.1, 0.15) is 16.8 Å². The Hall–Kier alpha value is -2.99. The third kappa shape index (κ3) is 3.97. The molecule has 1 aliphatic rings. The van der Waals surface area contributed by atoms with Crippen molar-refractivity contribution >= 4 is 16.8 Å². The van der Waals surface area contributed by atoms with Crippen LogP contribution in [0, 0.1) is 12.7 Å². The van der Waals surface area contributed by atoms with Crippen molar-refractivity contribution in [3.05, 3.63) is 81.4 Å². The lowest BCUT2D eigenvalue weighted by Crippen LogP contribution is -2.49. The number of carbonyl (C=O) groups is 1. The predicted octanol–water partition coefficient (Wildman–Crippen LogP) is 2.82. The normalized spacial score (nSPS) is 15.4. The number of aromatic amines is 1. The lowest BCUT2D eigenvalue weighted by Gasteiger charge is -2.34. The first-order chi connectivity index (χ1) is 13.5. The quantitative estimate of drug-likeness (QED) is 0.758. The van der Waals surface area contributed by atoms with Crippen LogP contribution >= 0.6 is 0 Å². The standard InChI is InChI=1S/C22H22FN3O2/c1-15-2-4-16(5-3-15)12-26-9-8-25(14-22(26)28)13-18-11-21(27)19-10-17(23)6-7-20(19)24-18/h2-7,10-11H,8-9,12-14H2,1H3,(H,24,27). The molecule has 6 heteroatoms. The monoisotopic (exact) mass is 379 g/mol. The summed E-state index contributed by atoms with van der Waals surface area (Å²) >= 11 is 0. The number of halogens is 1. The number of pyridine rings is 1. The Morgan fingerprint density at radius 1 is 1.00 bits per heavy atom. The summed E-state index contributed by atoms with van der Waals surface area (Å²) in [5.74, 6) is -0.349. The van der Waals surface area contributed by atoms with E-state index in [1.165, 1.54) is 23.8 Å². The largest absolute Gasteiger partial charge is 0.357 e. The molecule has 3 aromatic rings. The minimum atomic E-state index is -0.430. The van der Waals surface area contributed by atoms with Gasteiger partial charge in [-0.25, -0.2) is 4.39 Å². The molecule has 28 heavy (non-hydrogen) atoms. The Kier molecular flexibility index (Phi) is 4.96. The van der Waals surface area contributed by atoms with Crippen LogP contribution in [0.5, 0.6) is 0 Å². The van der Waals surface area contributed by atoms with Gasteiger partial charge in [-0.3, -0.25) is 14.5 Å². The highest BCUT2D eigenvalue weighted by atomic mass is 19.1. The van der Waals surface area contributed by atoms with Crippen molar-refractivity contribution in [1.29, 1.82) is 0 Å². The van der Waals surface area contributed by atoms with E-state index in [9.17, 15) is 14.0 Å². The number of hydrogen-bond donors (Lipinski definition) is 1. The van der Waals surface area contributed by atoms with Gasteiger partial charge in [-0.05, 0) is 30.7 Å². The number of nitrogens with zero attached hydrogens (tertiary/aromatic N) is 2. The van der Waals surface area contributed by atoms with Crippen LogP contribution in [0.25, 0.3) is 10.9 Å². The number of hydrogen-bond acceptors (Lipinski definition) is 3. The van der Waals surface area contributed by atoms with Crippen LogP contribution in [0.15, 0.2) is 53.3 Å². The molecule has 1 aliphatic heterocycles. The number of piperazine rings is 1. The molecule has 2 heterocycles. The van der Waals surface area contributed by atoms with Gasteiger partial charge in [0.1, 0.15) is 5.82 Å². The van der Waals surface area contributed by atoms with Crippen molar-refractivity contribution in [3.63, 3.8) is 0 Å². The molecular weight excluding hydrogens is 357 g/mol. The molecule has 1 N–H and O–H groups in total. The molecule has 0 bridgehead atoms. The Labute approximate surface area is 162 Å². The number of fused-ring (bicyclic) bond motifs is 1. The molecule has 144 valence electrons. The van der Waals surface area contributed by atoms with Gasteiger partial charge >= 0.3 is 0 Å². The number of carbonyl (C=O) groups excluding carboxylic acids is 1. The van der Waals surface area contributed by atoms with Gasteiger partial charge in [0.15, 0.2) is 5.43 Å². The van der Waals surface area contributed by atoms with Crippen molar-refractivity contribution < 1.29 is 9.18 Å². The molecular formula is C22H22FN3O2. The number of aromatic nitrogens is 1. The van der Waals surface area contributed by atoms with E-state index in [-0.39, 0.29) is 11.3 Å². The van der Waals surface area contributed by atoms with Crippen LogP contribution in [-0.2, 0) is 17.9 Å². The second kappa shape index (κ2) is 7.56. The lowest BCUT2D eigenvalue weighted by atomic mass is 10.1. The van der Waals surface area contributed by atoms with Gasteiger partial charge in [0, 0.05) is 48.8 Å². The highest BCUT2D eigenvalue weighted by Gasteiger charge is 2.24. The molecule has 5 nitrogen and oxygen atoms in total.